The number of amides is 3. The Morgan fingerprint density at radius 3 is 2.65 bits per heavy atom. The molecule has 1 fully saturated rings. The minimum absolute atomic E-state index is 0.207. The molecule has 1 unspecified atom stereocenters. The number of anilines is 2. The normalized spacial score (nSPS) is 19.5. The van der Waals surface area contributed by atoms with Crippen LogP contribution in [-0.4, -0.2) is 33.6 Å². The first kappa shape index (κ1) is 16.1. The molecule has 0 saturated carbocycles. The third-order valence-electron chi connectivity index (χ3n) is 4.69. The van der Waals surface area contributed by atoms with Crippen molar-refractivity contribution in [3.05, 3.63) is 41.5 Å². The smallest absolute Gasteiger partial charge is 0.255 e. The third kappa shape index (κ3) is 2.65. The molecule has 5 N–H and O–H groups in total. The van der Waals surface area contributed by atoms with Crippen LogP contribution in [0.1, 0.15) is 28.8 Å². The van der Waals surface area contributed by atoms with E-state index in [-0.39, 0.29) is 18.2 Å². The van der Waals surface area contributed by atoms with Gasteiger partial charge in [0.05, 0.1) is 5.69 Å². The zero-order valence-electron chi connectivity index (χ0n) is 13.9. The minimum Gasteiger partial charge on any atom is -0.399 e. The van der Waals surface area contributed by atoms with Gasteiger partial charge in [0.15, 0.2) is 0 Å². The number of fused-ring (bicyclic) bond motifs is 1. The Balaban J connectivity index is 1.64. The van der Waals surface area contributed by atoms with Crippen molar-refractivity contribution in [2.45, 2.75) is 25.4 Å². The molecule has 1 atom stereocenters. The lowest BCUT2D eigenvalue weighted by atomic mass is 10.0. The maximum absolute atomic E-state index is 12.7. The number of nitrogens with two attached hydrogens (primary N) is 2. The average molecular weight is 351 g/mol. The monoisotopic (exact) mass is 351 g/mol. The van der Waals surface area contributed by atoms with E-state index in [4.69, 9.17) is 11.5 Å². The fourth-order valence-corrected chi connectivity index (χ4v) is 3.46. The summed E-state index contributed by atoms with van der Waals surface area (Å²) in [5.41, 5.74) is 14.9. The number of hydrogen-bond donors (Lipinski definition) is 3. The fourth-order valence-electron chi connectivity index (χ4n) is 3.46. The summed E-state index contributed by atoms with van der Waals surface area (Å²) in [5, 5.41) is 2.29. The van der Waals surface area contributed by atoms with E-state index in [0.717, 1.165) is 11.1 Å². The predicted octanol–water partition coefficient (Wildman–Crippen LogP) is 0.674. The summed E-state index contributed by atoms with van der Waals surface area (Å²) in [6.07, 6.45) is 0.568. The summed E-state index contributed by atoms with van der Waals surface area (Å²) in [4.78, 5) is 41.9. The van der Waals surface area contributed by atoms with Crippen LogP contribution in [0.2, 0.25) is 0 Å². The summed E-state index contributed by atoms with van der Waals surface area (Å²) in [7, 11) is 0. The van der Waals surface area contributed by atoms with Gasteiger partial charge in [-0.25, -0.2) is 4.98 Å². The Labute approximate surface area is 149 Å². The van der Waals surface area contributed by atoms with E-state index in [1.165, 1.54) is 4.90 Å². The van der Waals surface area contributed by atoms with Gasteiger partial charge < -0.3 is 16.4 Å². The molecule has 2 aliphatic rings. The number of nitrogens with zero attached hydrogens (tertiary/aromatic N) is 2. The number of nitrogen functional groups attached to an aromatic ring is 2. The largest absolute Gasteiger partial charge is 0.399 e. The molecule has 0 bridgehead atoms. The van der Waals surface area contributed by atoms with Crippen LogP contribution in [0.4, 0.5) is 11.5 Å². The molecule has 8 heteroatoms. The highest BCUT2D eigenvalue weighted by atomic mass is 16.2. The van der Waals surface area contributed by atoms with Crippen LogP contribution in [0, 0.1) is 0 Å². The number of pyridine rings is 1. The second kappa shape index (κ2) is 5.83. The highest BCUT2D eigenvalue weighted by Crippen LogP contribution is 2.31. The first-order valence-corrected chi connectivity index (χ1v) is 8.23. The minimum atomic E-state index is -0.628. The van der Waals surface area contributed by atoms with Crippen molar-refractivity contribution < 1.29 is 14.4 Å². The Bertz CT molecular complexity index is 936. The second-order valence-corrected chi connectivity index (χ2v) is 6.48. The van der Waals surface area contributed by atoms with E-state index >= 15 is 0 Å². The summed E-state index contributed by atoms with van der Waals surface area (Å²) in [5.74, 6) is -0.612. The number of imide groups is 1. The van der Waals surface area contributed by atoms with E-state index < -0.39 is 11.9 Å². The van der Waals surface area contributed by atoms with Gasteiger partial charge in [-0.3, -0.25) is 19.7 Å². The molecule has 0 spiro atoms. The van der Waals surface area contributed by atoms with Gasteiger partial charge in [0.1, 0.15) is 11.9 Å². The quantitative estimate of drug-likeness (QED) is 0.682. The summed E-state index contributed by atoms with van der Waals surface area (Å²) < 4.78 is 0. The molecule has 1 aromatic heterocycles. The third-order valence-corrected chi connectivity index (χ3v) is 4.69. The molecule has 1 saturated heterocycles. The lowest BCUT2D eigenvalue weighted by Gasteiger charge is -2.29. The number of rotatable bonds is 2. The molecule has 26 heavy (non-hydrogen) atoms. The molecular weight excluding hydrogens is 334 g/mol. The SMILES string of the molecule is Nc1cc(N)nc(-c2ccc3c(c2)CN(C2CCC(=O)NC2=O)C3=O)c1. The molecule has 1 aromatic carbocycles. The van der Waals surface area contributed by atoms with Crippen molar-refractivity contribution in [1.82, 2.24) is 15.2 Å². The van der Waals surface area contributed by atoms with Crippen LogP contribution >= 0.6 is 0 Å². The predicted molar refractivity (Wildman–Crippen MR) is 94.5 cm³/mol. The van der Waals surface area contributed by atoms with Crippen LogP contribution in [0.5, 0.6) is 0 Å². The Morgan fingerprint density at radius 1 is 1.12 bits per heavy atom. The first-order valence-electron chi connectivity index (χ1n) is 8.23. The van der Waals surface area contributed by atoms with E-state index in [9.17, 15) is 14.4 Å². The fraction of sp³-hybridized carbons (Fsp3) is 0.222. The number of piperidine rings is 1. The molecule has 8 nitrogen and oxygen atoms in total. The van der Waals surface area contributed by atoms with E-state index in [0.29, 0.717) is 35.7 Å². The van der Waals surface area contributed by atoms with Gasteiger partial charge in [-0.15, -0.1) is 0 Å². The Kier molecular flexibility index (Phi) is 3.61. The standard InChI is InChI=1S/C18H17N5O3/c19-11-6-13(21-15(20)7-11)9-1-2-12-10(5-9)8-23(18(12)26)14-3-4-16(24)22-17(14)25/h1-2,5-7,14H,3-4,8H2,(H4,19,20,21)(H,22,24,25). The molecule has 0 aliphatic carbocycles. The van der Waals surface area contributed by atoms with Crippen molar-refractivity contribution in [1.29, 1.82) is 0 Å². The van der Waals surface area contributed by atoms with Gasteiger partial charge in [0, 0.05) is 35.8 Å². The number of benzene rings is 1. The molecule has 0 radical (unpaired) electrons. The average Bonchev–Trinajstić information content (AvgIpc) is 2.90. The summed E-state index contributed by atoms with van der Waals surface area (Å²) in [6, 6.07) is 8.03. The van der Waals surface area contributed by atoms with Crippen molar-refractivity contribution in [3.8, 4) is 11.3 Å². The van der Waals surface area contributed by atoms with Gasteiger partial charge in [-0.05, 0) is 30.2 Å². The lowest BCUT2D eigenvalue weighted by molar-refractivity contribution is -0.136. The van der Waals surface area contributed by atoms with Gasteiger partial charge in [-0.2, -0.15) is 0 Å². The van der Waals surface area contributed by atoms with Crippen molar-refractivity contribution in [2.75, 3.05) is 11.5 Å². The maximum atomic E-state index is 12.7. The van der Waals surface area contributed by atoms with Crippen LogP contribution < -0.4 is 16.8 Å². The van der Waals surface area contributed by atoms with Crippen LogP contribution in [0.25, 0.3) is 11.3 Å². The molecule has 132 valence electrons. The molecule has 4 rings (SSSR count). The van der Waals surface area contributed by atoms with Crippen LogP contribution in [0.15, 0.2) is 30.3 Å². The van der Waals surface area contributed by atoms with Gasteiger partial charge in [-0.1, -0.05) is 6.07 Å². The number of carbonyl (C=O) groups excluding carboxylic acids is 3. The number of carbonyl (C=O) groups is 3. The lowest BCUT2D eigenvalue weighted by Crippen LogP contribution is -2.52. The highest BCUT2D eigenvalue weighted by molar-refractivity contribution is 6.05. The topological polar surface area (TPSA) is 131 Å². The Morgan fingerprint density at radius 2 is 1.92 bits per heavy atom. The number of aromatic nitrogens is 1. The summed E-state index contributed by atoms with van der Waals surface area (Å²) in [6.45, 7) is 0.312. The Hall–Kier alpha value is -3.42. The second-order valence-electron chi connectivity index (χ2n) is 6.48. The summed E-state index contributed by atoms with van der Waals surface area (Å²) >= 11 is 0. The highest BCUT2D eigenvalue weighted by Gasteiger charge is 2.39. The van der Waals surface area contributed by atoms with E-state index in [1.54, 1.807) is 24.3 Å². The van der Waals surface area contributed by atoms with Crippen molar-refractivity contribution in [3.63, 3.8) is 0 Å². The first-order chi connectivity index (χ1) is 12.4. The number of nitrogens with one attached hydrogen (secondary N) is 1. The molecule has 3 amide bonds. The number of hydrogen-bond acceptors (Lipinski definition) is 6. The molecule has 3 heterocycles. The van der Waals surface area contributed by atoms with E-state index in [2.05, 4.69) is 10.3 Å². The van der Waals surface area contributed by atoms with Crippen LogP contribution in [-0.2, 0) is 16.1 Å². The molecule has 2 aliphatic heterocycles. The van der Waals surface area contributed by atoms with Gasteiger partial charge in [0.2, 0.25) is 11.8 Å². The molecular formula is C18H17N5O3. The van der Waals surface area contributed by atoms with Gasteiger partial charge >= 0.3 is 0 Å². The molecule has 2 aromatic rings. The van der Waals surface area contributed by atoms with Crippen molar-refractivity contribution in [2.24, 2.45) is 0 Å². The van der Waals surface area contributed by atoms with Crippen LogP contribution in [0.3, 0.4) is 0 Å². The zero-order valence-corrected chi connectivity index (χ0v) is 13.9. The zero-order chi connectivity index (χ0) is 18.4. The maximum Gasteiger partial charge on any atom is 0.255 e. The van der Waals surface area contributed by atoms with E-state index in [1.807, 2.05) is 6.07 Å². The van der Waals surface area contributed by atoms with Gasteiger partial charge in [0.25, 0.3) is 5.91 Å². The van der Waals surface area contributed by atoms with Crippen molar-refractivity contribution >= 4 is 29.2 Å².